The molecule has 1 aromatic carbocycles. The SMILES string of the molecule is CCN(CC(=O)O)C1CC(Nc2ccnc3c(Cl)cccc23)C1. The fourth-order valence-electron chi connectivity index (χ4n) is 3.16. The molecule has 2 aromatic rings. The smallest absolute Gasteiger partial charge is 0.317 e. The van der Waals surface area contributed by atoms with Gasteiger partial charge in [-0.15, -0.1) is 0 Å². The number of likely N-dealkylation sites (N-methyl/N-ethyl adjacent to an activating group) is 1. The molecule has 1 heterocycles. The molecule has 6 heteroatoms. The van der Waals surface area contributed by atoms with E-state index in [-0.39, 0.29) is 6.54 Å². The average molecular weight is 334 g/mol. The number of aliphatic carboxylic acids is 1. The van der Waals surface area contributed by atoms with Gasteiger partial charge in [-0.1, -0.05) is 30.7 Å². The third-order valence-electron chi connectivity index (χ3n) is 4.46. The van der Waals surface area contributed by atoms with Gasteiger partial charge in [-0.05, 0) is 31.5 Å². The van der Waals surface area contributed by atoms with Crippen LogP contribution in [0.5, 0.6) is 0 Å². The predicted octanol–water partition coefficient (Wildman–Crippen LogP) is 3.24. The zero-order chi connectivity index (χ0) is 16.4. The van der Waals surface area contributed by atoms with Crippen molar-refractivity contribution in [3.8, 4) is 0 Å². The molecule has 0 saturated heterocycles. The molecule has 122 valence electrons. The number of fused-ring (bicyclic) bond motifs is 1. The van der Waals surface area contributed by atoms with Crippen LogP contribution in [0.4, 0.5) is 5.69 Å². The summed E-state index contributed by atoms with van der Waals surface area (Å²) in [5, 5.41) is 14.2. The molecular formula is C17H20ClN3O2. The number of pyridine rings is 1. The number of rotatable bonds is 6. The fraction of sp³-hybridized carbons (Fsp3) is 0.412. The second kappa shape index (κ2) is 6.72. The Kier molecular flexibility index (Phi) is 4.68. The molecule has 23 heavy (non-hydrogen) atoms. The monoisotopic (exact) mass is 333 g/mol. The van der Waals surface area contributed by atoms with Gasteiger partial charge in [0.05, 0.1) is 17.1 Å². The number of nitrogens with one attached hydrogen (secondary N) is 1. The Morgan fingerprint density at radius 3 is 2.91 bits per heavy atom. The summed E-state index contributed by atoms with van der Waals surface area (Å²) in [6.45, 7) is 2.88. The largest absolute Gasteiger partial charge is 0.480 e. The van der Waals surface area contributed by atoms with Crippen molar-refractivity contribution in [1.82, 2.24) is 9.88 Å². The molecular weight excluding hydrogens is 314 g/mol. The molecule has 5 nitrogen and oxygen atoms in total. The highest BCUT2D eigenvalue weighted by Gasteiger charge is 2.33. The average Bonchev–Trinajstić information content (AvgIpc) is 2.49. The topological polar surface area (TPSA) is 65.5 Å². The second-order valence-corrected chi connectivity index (χ2v) is 6.33. The maximum absolute atomic E-state index is 10.9. The van der Waals surface area contributed by atoms with E-state index in [1.807, 2.05) is 36.1 Å². The van der Waals surface area contributed by atoms with Gasteiger partial charge in [-0.3, -0.25) is 14.7 Å². The van der Waals surface area contributed by atoms with E-state index in [9.17, 15) is 4.79 Å². The number of benzene rings is 1. The highest BCUT2D eigenvalue weighted by Crippen LogP contribution is 2.32. The maximum atomic E-state index is 10.9. The number of hydrogen-bond acceptors (Lipinski definition) is 4. The summed E-state index contributed by atoms with van der Waals surface area (Å²) < 4.78 is 0. The molecule has 1 fully saturated rings. The van der Waals surface area contributed by atoms with Crippen molar-refractivity contribution in [3.63, 3.8) is 0 Å². The van der Waals surface area contributed by atoms with Crippen molar-refractivity contribution in [1.29, 1.82) is 0 Å². The Hall–Kier alpha value is -1.85. The number of hydrogen-bond donors (Lipinski definition) is 2. The first-order valence-corrected chi connectivity index (χ1v) is 8.22. The highest BCUT2D eigenvalue weighted by atomic mass is 35.5. The number of halogens is 1. The number of carboxylic acids is 1. The van der Waals surface area contributed by atoms with Crippen LogP contribution in [0.3, 0.4) is 0 Å². The van der Waals surface area contributed by atoms with Gasteiger partial charge in [0.2, 0.25) is 0 Å². The Labute approximate surface area is 140 Å². The van der Waals surface area contributed by atoms with E-state index in [1.54, 1.807) is 6.20 Å². The lowest BCUT2D eigenvalue weighted by atomic mass is 9.85. The Morgan fingerprint density at radius 1 is 1.43 bits per heavy atom. The third-order valence-corrected chi connectivity index (χ3v) is 4.76. The van der Waals surface area contributed by atoms with E-state index >= 15 is 0 Å². The Balaban J connectivity index is 1.66. The van der Waals surface area contributed by atoms with Crippen LogP contribution in [-0.4, -0.2) is 46.1 Å². The van der Waals surface area contributed by atoms with E-state index in [0.717, 1.165) is 36.0 Å². The highest BCUT2D eigenvalue weighted by molar-refractivity contribution is 6.35. The second-order valence-electron chi connectivity index (χ2n) is 5.92. The standard InChI is InChI=1S/C17H20ClN3O2/c1-2-21(10-16(22)23)12-8-11(9-12)20-15-6-7-19-17-13(15)4-3-5-14(17)18/h3-7,11-12H,2,8-10H2,1H3,(H,19,20)(H,22,23). The third kappa shape index (κ3) is 3.41. The van der Waals surface area contributed by atoms with Crippen molar-refractivity contribution in [2.24, 2.45) is 0 Å². The molecule has 1 aromatic heterocycles. The van der Waals surface area contributed by atoms with Crippen molar-refractivity contribution in [3.05, 3.63) is 35.5 Å². The van der Waals surface area contributed by atoms with E-state index in [2.05, 4.69) is 10.3 Å². The lowest BCUT2D eigenvalue weighted by molar-refractivity contribution is -0.139. The summed E-state index contributed by atoms with van der Waals surface area (Å²) in [6, 6.07) is 8.42. The Bertz CT molecular complexity index is 716. The van der Waals surface area contributed by atoms with Crippen LogP contribution in [0.1, 0.15) is 19.8 Å². The molecule has 0 atom stereocenters. The van der Waals surface area contributed by atoms with Gasteiger partial charge < -0.3 is 10.4 Å². The summed E-state index contributed by atoms with van der Waals surface area (Å²) in [6.07, 6.45) is 3.66. The zero-order valence-corrected chi connectivity index (χ0v) is 13.8. The van der Waals surface area contributed by atoms with Crippen LogP contribution in [-0.2, 0) is 4.79 Å². The molecule has 0 radical (unpaired) electrons. The first kappa shape index (κ1) is 16.0. The van der Waals surface area contributed by atoms with Gasteiger partial charge in [0.25, 0.3) is 0 Å². The quantitative estimate of drug-likeness (QED) is 0.849. The number of para-hydroxylation sites is 1. The number of carboxylic acid groups (broad SMARTS) is 1. The molecule has 3 rings (SSSR count). The van der Waals surface area contributed by atoms with E-state index < -0.39 is 5.97 Å². The maximum Gasteiger partial charge on any atom is 0.317 e. The van der Waals surface area contributed by atoms with Gasteiger partial charge >= 0.3 is 5.97 Å². The lowest BCUT2D eigenvalue weighted by Gasteiger charge is -2.42. The minimum absolute atomic E-state index is 0.113. The van der Waals surface area contributed by atoms with E-state index in [0.29, 0.717) is 17.1 Å². The molecule has 0 unspecified atom stereocenters. The molecule has 0 bridgehead atoms. The lowest BCUT2D eigenvalue weighted by Crippen LogP contribution is -2.51. The van der Waals surface area contributed by atoms with E-state index in [1.165, 1.54) is 0 Å². The molecule has 1 aliphatic rings. The number of carbonyl (C=O) groups is 1. The molecule has 0 spiro atoms. The van der Waals surface area contributed by atoms with Gasteiger partial charge in [0.15, 0.2) is 0 Å². The van der Waals surface area contributed by atoms with Crippen LogP contribution in [0.2, 0.25) is 5.02 Å². The summed E-state index contributed by atoms with van der Waals surface area (Å²) in [5.41, 5.74) is 1.83. The zero-order valence-electron chi connectivity index (χ0n) is 13.0. The van der Waals surface area contributed by atoms with Gasteiger partial charge in [0, 0.05) is 29.4 Å². The van der Waals surface area contributed by atoms with E-state index in [4.69, 9.17) is 16.7 Å². The summed E-state index contributed by atoms with van der Waals surface area (Å²) >= 11 is 6.19. The van der Waals surface area contributed by atoms with Crippen LogP contribution in [0, 0.1) is 0 Å². The molecule has 1 saturated carbocycles. The molecule has 0 aliphatic heterocycles. The first-order valence-electron chi connectivity index (χ1n) is 7.84. The van der Waals surface area contributed by atoms with Gasteiger partial charge in [-0.25, -0.2) is 0 Å². The van der Waals surface area contributed by atoms with Crippen molar-refractivity contribution in [2.45, 2.75) is 31.8 Å². The molecule has 1 aliphatic carbocycles. The minimum Gasteiger partial charge on any atom is -0.480 e. The summed E-state index contributed by atoms with van der Waals surface area (Å²) in [4.78, 5) is 17.2. The molecule has 2 N–H and O–H groups in total. The van der Waals surface area contributed by atoms with Gasteiger partial charge in [-0.2, -0.15) is 0 Å². The number of aromatic nitrogens is 1. The summed E-state index contributed by atoms with van der Waals surface area (Å²) in [5.74, 6) is -0.766. The van der Waals surface area contributed by atoms with Gasteiger partial charge in [0.1, 0.15) is 0 Å². The minimum atomic E-state index is -0.766. The summed E-state index contributed by atoms with van der Waals surface area (Å²) in [7, 11) is 0. The van der Waals surface area contributed by atoms with Crippen LogP contribution in [0.25, 0.3) is 10.9 Å². The predicted molar refractivity (Wildman–Crippen MR) is 92.1 cm³/mol. The first-order chi connectivity index (χ1) is 11.1. The normalized spacial score (nSPS) is 20.5. The van der Waals surface area contributed by atoms with Crippen molar-refractivity contribution in [2.75, 3.05) is 18.4 Å². The van der Waals surface area contributed by atoms with Crippen molar-refractivity contribution >= 4 is 34.2 Å². The molecule has 0 amide bonds. The van der Waals surface area contributed by atoms with Crippen molar-refractivity contribution < 1.29 is 9.90 Å². The fourth-order valence-corrected chi connectivity index (χ4v) is 3.39. The van der Waals surface area contributed by atoms with Crippen LogP contribution in [0.15, 0.2) is 30.5 Å². The number of anilines is 1. The Morgan fingerprint density at radius 2 is 2.22 bits per heavy atom. The van der Waals surface area contributed by atoms with Crippen LogP contribution < -0.4 is 5.32 Å². The number of nitrogens with zero attached hydrogens (tertiary/aromatic N) is 2. The van der Waals surface area contributed by atoms with Crippen LogP contribution >= 0.6 is 11.6 Å².